The number of piperidine rings is 1. The van der Waals surface area contributed by atoms with E-state index in [1.165, 1.54) is 0 Å². The monoisotopic (exact) mass is 420 g/mol. The second-order valence-corrected chi connectivity index (χ2v) is 9.07. The number of carbonyl (C=O) groups excluding carboxylic acids is 1. The number of hydrogen-bond donors (Lipinski definition) is 1. The molecule has 4 rings (SSSR count). The molecule has 0 aromatic carbocycles. The van der Waals surface area contributed by atoms with Crippen LogP contribution in [0.15, 0.2) is 12.4 Å². The lowest BCUT2D eigenvalue weighted by molar-refractivity contribution is -0.125. The van der Waals surface area contributed by atoms with Gasteiger partial charge in [-0.3, -0.25) is 9.69 Å². The Morgan fingerprint density at radius 3 is 2.41 bits per heavy atom. The molecular formula is C20H32N6O2S. The first-order valence-electron chi connectivity index (χ1n) is 10.8. The number of amides is 1. The predicted molar refractivity (Wildman–Crippen MR) is 117 cm³/mol. The van der Waals surface area contributed by atoms with E-state index in [1.54, 1.807) is 0 Å². The highest BCUT2D eigenvalue weighted by molar-refractivity contribution is 7.99. The third kappa shape index (κ3) is 5.73. The number of ether oxygens (including phenoxy) is 1. The van der Waals surface area contributed by atoms with Crippen molar-refractivity contribution in [2.75, 3.05) is 86.9 Å². The summed E-state index contributed by atoms with van der Waals surface area (Å²) in [6.45, 7) is 8.97. The van der Waals surface area contributed by atoms with Crippen molar-refractivity contribution in [3.63, 3.8) is 0 Å². The van der Waals surface area contributed by atoms with E-state index in [-0.39, 0.29) is 11.8 Å². The maximum atomic E-state index is 12.5. The molecule has 3 fully saturated rings. The molecule has 0 spiro atoms. The first kappa shape index (κ1) is 20.7. The van der Waals surface area contributed by atoms with Crippen molar-refractivity contribution in [1.82, 2.24) is 20.2 Å². The van der Waals surface area contributed by atoms with E-state index >= 15 is 0 Å². The van der Waals surface area contributed by atoms with Gasteiger partial charge in [-0.2, -0.15) is 11.8 Å². The molecule has 29 heavy (non-hydrogen) atoms. The number of rotatable bonds is 6. The highest BCUT2D eigenvalue weighted by atomic mass is 32.2. The van der Waals surface area contributed by atoms with E-state index in [1.807, 2.05) is 24.2 Å². The number of aromatic nitrogens is 2. The van der Waals surface area contributed by atoms with Crippen LogP contribution in [0, 0.1) is 5.92 Å². The summed E-state index contributed by atoms with van der Waals surface area (Å²) in [4.78, 5) is 28.6. The van der Waals surface area contributed by atoms with Crippen LogP contribution in [0.5, 0.6) is 0 Å². The molecule has 0 unspecified atom stereocenters. The minimum absolute atomic E-state index is 0.113. The molecule has 160 valence electrons. The normalized spacial score (nSPS) is 21.9. The highest BCUT2D eigenvalue weighted by Crippen LogP contribution is 2.24. The SMILES string of the molecule is O=C(NCCN1CCOCC1)C1CCN(c2cnc(N3CCSCC3)nc2)CC1. The average molecular weight is 421 g/mol. The van der Waals surface area contributed by atoms with E-state index in [4.69, 9.17) is 4.74 Å². The predicted octanol–water partition coefficient (Wildman–Crippen LogP) is 0.695. The van der Waals surface area contributed by atoms with Crippen LogP contribution in [0.2, 0.25) is 0 Å². The molecule has 1 aromatic rings. The van der Waals surface area contributed by atoms with Gasteiger partial charge in [-0.15, -0.1) is 0 Å². The summed E-state index contributed by atoms with van der Waals surface area (Å²) in [5.41, 5.74) is 1.06. The molecule has 1 aromatic heterocycles. The minimum atomic E-state index is 0.113. The number of nitrogens with zero attached hydrogens (tertiary/aromatic N) is 5. The number of morpholine rings is 1. The molecule has 3 saturated heterocycles. The lowest BCUT2D eigenvalue weighted by Gasteiger charge is -2.33. The van der Waals surface area contributed by atoms with Crippen molar-refractivity contribution in [3.05, 3.63) is 12.4 Å². The molecule has 4 heterocycles. The van der Waals surface area contributed by atoms with Crippen LogP contribution in [0.3, 0.4) is 0 Å². The largest absolute Gasteiger partial charge is 0.379 e. The van der Waals surface area contributed by atoms with Crippen molar-refractivity contribution in [1.29, 1.82) is 0 Å². The van der Waals surface area contributed by atoms with Crippen molar-refractivity contribution < 1.29 is 9.53 Å². The van der Waals surface area contributed by atoms with E-state index < -0.39 is 0 Å². The molecule has 0 aliphatic carbocycles. The zero-order valence-corrected chi connectivity index (χ0v) is 17.9. The Morgan fingerprint density at radius 2 is 1.72 bits per heavy atom. The Bertz CT molecular complexity index is 641. The smallest absolute Gasteiger partial charge is 0.225 e. The number of nitrogens with one attached hydrogen (secondary N) is 1. The van der Waals surface area contributed by atoms with E-state index in [9.17, 15) is 4.79 Å². The average Bonchev–Trinajstić information content (AvgIpc) is 2.80. The van der Waals surface area contributed by atoms with Gasteiger partial charge in [0.15, 0.2) is 0 Å². The molecule has 0 saturated carbocycles. The molecular weight excluding hydrogens is 388 g/mol. The Hall–Kier alpha value is -1.58. The molecule has 3 aliphatic heterocycles. The Labute approximate surface area is 177 Å². The first-order chi connectivity index (χ1) is 14.3. The summed E-state index contributed by atoms with van der Waals surface area (Å²) in [5.74, 6) is 3.44. The Kier molecular flexibility index (Phi) is 7.45. The molecule has 8 nitrogen and oxygen atoms in total. The van der Waals surface area contributed by atoms with Crippen LogP contribution < -0.4 is 15.1 Å². The van der Waals surface area contributed by atoms with Crippen LogP contribution in [-0.4, -0.2) is 97.9 Å². The van der Waals surface area contributed by atoms with Gasteiger partial charge in [0.1, 0.15) is 0 Å². The maximum Gasteiger partial charge on any atom is 0.225 e. The summed E-state index contributed by atoms with van der Waals surface area (Å²) in [5, 5.41) is 3.13. The summed E-state index contributed by atoms with van der Waals surface area (Å²) in [6, 6.07) is 0. The van der Waals surface area contributed by atoms with Gasteiger partial charge in [0.05, 0.1) is 31.3 Å². The van der Waals surface area contributed by atoms with Crippen molar-refractivity contribution in [3.8, 4) is 0 Å². The molecule has 0 atom stereocenters. The van der Waals surface area contributed by atoms with E-state index in [2.05, 4.69) is 30.0 Å². The Balaban J connectivity index is 1.19. The molecule has 1 N–H and O–H groups in total. The van der Waals surface area contributed by atoms with Gasteiger partial charge in [0, 0.05) is 69.8 Å². The van der Waals surface area contributed by atoms with Crippen molar-refractivity contribution >= 4 is 29.3 Å². The van der Waals surface area contributed by atoms with E-state index in [0.29, 0.717) is 0 Å². The molecule has 3 aliphatic rings. The van der Waals surface area contributed by atoms with Gasteiger partial charge >= 0.3 is 0 Å². The highest BCUT2D eigenvalue weighted by Gasteiger charge is 2.25. The maximum absolute atomic E-state index is 12.5. The summed E-state index contributed by atoms with van der Waals surface area (Å²) in [7, 11) is 0. The van der Waals surface area contributed by atoms with Crippen LogP contribution in [-0.2, 0) is 9.53 Å². The van der Waals surface area contributed by atoms with Crippen LogP contribution in [0.25, 0.3) is 0 Å². The van der Waals surface area contributed by atoms with Gasteiger partial charge in [0.2, 0.25) is 11.9 Å². The number of hydrogen-bond acceptors (Lipinski definition) is 8. The third-order valence-electron chi connectivity index (χ3n) is 5.98. The lowest BCUT2D eigenvalue weighted by atomic mass is 9.95. The number of thioether (sulfide) groups is 1. The fourth-order valence-electron chi connectivity index (χ4n) is 4.11. The second kappa shape index (κ2) is 10.4. The summed E-state index contributed by atoms with van der Waals surface area (Å²) < 4.78 is 5.36. The fourth-order valence-corrected chi connectivity index (χ4v) is 5.01. The minimum Gasteiger partial charge on any atom is -0.379 e. The van der Waals surface area contributed by atoms with Gasteiger partial charge in [-0.1, -0.05) is 0 Å². The van der Waals surface area contributed by atoms with Crippen LogP contribution >= 0.6 is 11.8 Å². The van der Waals surface area contributed by atoms with Crippen LogP contribution in [0.4, 0.5) is 11.6 Å². The number of carbonyl (C=O) groups is 1. The second-order valence-electron chi connectivity index (χ2n) is 7.85. The lowest BCUT2D eigenvalue weighted by Crippen LogP contribution is -2.44. The zero-order valence-electron chi connectivity index (χ0n) is 17.1. The van der Waals surface area contributed by atoms with E-state index in [0.717, 1.165) is 102 Å². The summed E-state index contributed by atoms with van der Waals surface area (Å²) >= 11 is 1.99. The molecule has 1 amide bonds. The summed E-state index contributed by atoms with van der Waals surface area (Å²) in [6.07, 6.45) is 5.64. The molecule has 0 radical (unpaired) electrons. The van der Waals surface area contributed by atoms with Gasteiger partial charge in [-0.05, 0) is 12.8 Å². The number of anilines is 2. The third-order valence-corrected chi connectivity index (χ3v) is 6.92. The first-order valence-corrected chi connectivity index (χ1v) is 11.9. The van der Waals surface area contributed by atoms with Gasteiger partial charge < -0.3 is 19.9 Å². The quantitative estimate of drug-likeness (QED) is 0.721. The van der Waals surface area contributed by atoms with Crippen molar-refractivity contribution in [2.24, 2.45) is 5.92 Å². The van der Waals surface area contributed by atoms with Crippen LogP contribution in [0.1, 0.15) is 12.8 Å². The fraction of sp³-hybridized carbons (Fsp3) is 0.750. The topological polar surface area (TPSA) is 73.8 Å². The molecule has 0 bridgehead atoms. The van der Waals surface area contributed by atoms with Gasteiger partial charge in [0.25, 0.3) is 0 Å². The standard InChI is InChI=1S/C20H32N6O2S/c27-19(21-3-6-24-7-11-28-12-8-24)17-1-4-25(5-2-17)18-15-22-20(23-16-18)26-9-13-29-14-10-26/h15-17H,1-14H2,(H,21,27). The zero-order chi connectivity index (χ0) is 19.9. The molecule has 9 heteroatoms. The van der Waals surface area contributed by atoms with Gasteiger partial charge in [-0.25, -0.2) is 9.97 Å². The van der Waals surface area contributed by atoms with Crippen molar-refractivity contribution in [2.45, 2.75) is 12.8 Å². The Morgan fingerprint density at radius 1 is 1.03 bits per heavy atom.